The zero-order chi connectivity index (χ0) is 14.8. The predicted molar refractivity (Wildman–Crippen MR) is 88.7 cm³/mol. The minimum absolute atomic E-state index is 0.188. The molecule has 5 heteroatoms. The summed E-state index contributed by atoms with van der Waals surface area (Å²) in [6, 6.07) is 14.4. The maximum Gasteiger partial charge on any atom is 0.224 e. The first-order valence-electron chi connectivity index (χ1n) is 6.64. The van der Waals surface area contributed by atoms with Gasteiger partial charge in [-0.1, -0.05) is 48.0 Å². The lowest BCUT2D eigenvalue weighted by atomic mass is 10.1. The maximum atomic E-state index is 6.25. The summed E-state index contributed by atoms with van der Waals surface area (Å²) in [5, 5.41) is 2.99. The van der Waals surface area contributed by atoms with Crippen LogP contribution in [0.2, 0.25) is 10.3 Å². The lowest BCUT2D eigenvalue weighted by Crippen LogP contribution is -2.18. The van der Waals surface area contributed by atoms with Crippen molar-refractivity contribution < 1.29 is 0 Å². The first-order valence-corrected chi connectivity index (χ1v) is 7.39. The summed E-state index contributed by atoms with van der Waals surface area (Å²) in [4.78, 5) is 10.2. The molecular formula is C16H13Cl2N3. The number of hydrogen-bond acceptors (Lipinski definition) is 3. The average Bonchev–Trinajstić information content (AvgIpc) is 2.51. The molecule has 106 valence electrons. The van der Waals surface area contributed by atoms with Gasteiger partial charge < -0.3 is 4.90 Å². The fraction of sp³-hybridized carbons (Fsp3) is 0.125. The van der Waals surface area contributed by atoms with Gasteiger partial charge in [0.15, 0.2) is 5.82 Å². The van der Waals surface area contributed by atoms with Gasteiger partial charge in [0.05, 0.1) is 11.9 Å². The van der Waals surface area contributed by atoms with Crippen molar-refractivity contribution >= 4 is 45.5 Å². The van der Waals surface area contributed by atoms with E-state index in [1.807, 2.05) is 30.0 Å². The standard InChI is InChI=1S/C16H13Cl2N3/c1-2-21(15-13(17)10-19-16(18)20-15)14-9-5-7-11-6-3-4-8-12(11)14/h3-10H,2H2,1H3. The molecule has 0 atom stereocenters. The molecule has 0 radical (unpaired) electrons. The Morgan fingerprint density at radius 2 is 1.81 bits per heavy atom. The van der Waals surface area contributed by atoms with Crippen LogP contribution in [-0.4, -0.2) is 16.5 Å². The maximum absolute atomic E-state index is 6.25. The Bertz CT molecular complexity index is 784. The van der Waals surface area contributed by atoms with E-state index in [9.17, 15) is 0 Å². The minimum Gasteiger partial charge on any atom is -0.325 e. The molecule has 0 saturated carbocycles. The van der Waals surface area contributed by atoms with E-state index >= 15 is 0 Å². The largest absolute Gasteiger partial charge is 0.325 e. The van der Waals surface area contributed by atoms with Crippen molar-refractivity contribution in [1.82, 2.24) is 9.97 Å². The van der Waals surface area contributed by atoms with Crippen LogP contribution in [0.25, 0.3) is 10.8 Å². The molecule has 0 spiro atoms. The van der Waals surface area contributed by atoms with Crippen molar-refractivity contribution in [3.63, 3.8) is 0 Å². The highest BCUT2D eigenvalue weighted by atomic mass is 35.5. The quantitative estimate of drug-likeness (QED) is 0.630. The van der Waals surface area contributed by atoms with Crippen LogP contribution in [0.4, 0.5) is 11.5 Å². The number of fused-ring (bicyclic) bond motifs is 1. The van der Waals surface area contributed by atoms with Gasteiger partial charge in [0, 0.05) is 11.9 Å². The van der Waals surface area contributed by atoms with E-state index in [0.717, 1.165) is 17.6 Å². The van der Waals surface area contributed by atoms with Gasteiger partial charge in [0.2, 0.25) is 5.28 Å². The number of aromatic nitrogens is 2. The zero-order valence-electron chi connectivity index (χ0n) is 11.4. The van der Waals surface area contributed by atoms with E-state index in [0.29, 0.717) is 10.8 Å². The van der Waals surface area contributed by atoms with Crippen LogP contribution in [0.1, 0.15) is 6.92 Å². The Morgan fingerprint density at radius 3 is 2.62 bits per heavy atom. The van der Waals surface area contributed by atoms with E-state index in [1.165, 1.54) is 11.6 Å². The summed E-state index contributed by atoms with van der Waals surface area (Å²) in [6.07, 6.45) is 1.53. The summed E-state index contributed by atoms with van der Waals surface area (Å²) in [7, 11) is 0. The smallest absolute Gasteiger partial charge is 0.224 e. The third-order valence-corrected chi connectivity index (χ3v) is 3.77. The number of hydrogen-bond donors (Lipinski definition) is 0. The molecule has 2 aromatic carbocycles. The highest BCUT2D eigenvalue weighted by molar-refractivity contribution is 6.33. The van der Waals surface area contributed by atoms with Gasteiger partial charge in [0.1, 0.15) is 5.02 Å². The van der Waals surface area contributed by atoms with Gasteiger partial charge in [0.25, 0.3) is 0 Å². The normalized spacial score (nSPS) is 10.8. The van der Waals surface area contributed by atoms with E-state index in [-0.39, 0.29) is 5.28 Å². The van der Waals surface area contributed by atoms with Crippen molar-refractivity contribution in [3.05, 3.63) is 59.0 Å². The topological polar surface area (TPSA) is 29.0 Å². The fourth-order valence-corrected chi connectivity index (χ4v) is 2.73. The highest BCUT2D eigenvalue weighted by Gasteiger charge is 2.16. The Hall–Kier alpha value is -1.84. The van der Waals surface area contributed by atoms with Gasteiger partial charge in [-0.25, -0.2) is 4.98 Å². The molecule has 0 amide bonds. The summed E-state index contributed by atoms with van der Waals surface area (Å²) >= 11 is 12.2. The zero-order valence-corrected chi connectivity index (χ0v) is 12.9. The highest BCUT2D eigenvalue weighted by Crippen LogP contribution is 2.34. The molecule has 0 bridgehead atoms. The molecule has 1 heterocycles. The molecule has 1 aromatic heterocycles. The second kappa shape index (κ2) is 5.88. The number of halogens is 2. The number of anilines is 2. The second-order valence-electron chi connectivity index (χ2n) is 4.55. The number of nitrogens with zero attached hydrogens (tertiary/aromatic N) is 3. The van der Waals surface area contributed by atoms with Crippen LogP contribution in [-0.2, 0) is 0 Å². The van der Waals surface area contributed by atoms with Crippen LogP contribution in [0, 0.1) is 0 Å². The minimum atomic E-state index is 0.188. The van der Waals surface area contributed by atoms with Crippen molar-refractivity contribution in [2.45, 2.75) is 6.92 Å². The second-order valence-corrected chi connectivity index (χ2v) is 5.30. The van der Waals surface area contributed by atoms with E-state index in [4.69, 9.17) is 23.2 Å². The fourth-order valence-electron chi connectivity index (χ4n) is 2.40. The molecule has 21 heavy (non-hydrogen) atoms. The SMILES string of the molecule is CCN(c1nc(Cl)ncc1Cl)c1cccc2ccccc12. The van der Waals surface area contributed by atoms with Crippen molar-refractivity contribution in [2.75, 3.05) is 11.4 Å². The lowest BCUT2D eigenvalue weighted by molar-refractivity contribution is 0.981. The van der Waals surface area contributed by atoms with Crippen molar-refractivity contribution in [2.24, 2.45) is 0 Å². The first-order chi connectivity index (χ1) is 10.2. The van der Waals surface area contributed by atoms with Crippen LogP contribution >= 0.6 is 23.2 Å². The van der Waals surface area contributed by atoms with Crippen molar-refractivity contribution in [3.8, 4) is 0 Å². The van der Waals surface area contributed by atoms with E-state index in [2.05, 4.69) is 34.2 Å². The monoisotopic (exact) mass is 317 g/mol. The number of benzene rings is 2. The first kappa shape index (κ1) is 14.1. The Morgan fingerprint density at radius 1 is 1.05 bits per heavy atom. The summed E-state index contributed by atoms with van der Waals surface area (Å²) in [5.74, 6) is 0.621. The van der Waals surface area contributed by atoms with E-state index in [1.54, 1.807) is 0 Å². The Balaban J connectivity index is 2.21. The summed E-state index contributed by atoms with van der Waals surface area (Å²) < 4.78 is 0. The third-order valence-electron chi connectivity index (χ3n) is 3.33. The van der Waals surface area contributed by atoms with Crippen LogP contribution in [0.5, 0.6) is 0 Å². The molecule has 0 saturated heterocycles. The molecule has 0 fully saturated rings. The van der Waals surface area contributed by atoms with Gasteiger partial charge in [-0.05, 0) is 30.0 Å². The summed E-state index contributed by atoms with van der Waals surface area (Å²) in [6.45, 7) is 2.77. The van der Waals surface area contributed by atoms with Crippen LogP contribution in [0.3, 0.4) is 0 Å². The van der Waals surface area contributed by atoms with Crippen LogP contribution < -0.4 is 4.90 Å². The predicted octanol–water partition coefficient (Wildman–Crippen LogP) is 5.09. The van der Waals surface area contributed by atoms with Gasteiger partial charge >= 0.3 is 0 Å². The van der Waals surface area contributed by atoms with Crippen molar-refractivity contribution in [1.29, 1.82) is 0 Å². The molecule has 0 unspecified atom stereocenters. The van der Waals surface area contributed by atoms with Gasteiger partial charge in [-0.3, -0.25) is 0 Å². The lowest BCUT2D eigenvalue weighted by Gasteiger charge is -2.24. The molecule has 0 aliphatic rings. The molecule has 3 aromatic rings. The Kier molecular flexibility index (Phi) is 3.95. The van der Waals surface area contributed by atoms with Gasteiger partial charge in [-0.2, -0.15) is 4.98 Å². The Labute approximate surface area is 133 Å². The average molecular weight is 318 g/mol. The van der Waals surface area contributed by atoms with Gasteiger partial charge in [-0.15, -0.1) is 0 Å². The molecule has 0 N–H and O–H groups in total. The molecule has 3 nitrogen and oxygen atoms in total. The molecule has 3 rings (SSSR count). The number of rotatable bonds is 3. The molecule has 0 aliphatic heterocycles. The molecular weight excluding hydrogens is 305 g/mol. The third kappa shape index (κ3) is 2.67. The molecule has 0 aliphatic carbocycles. The van der Waals surface area contributed by atoms with Crippen LogP contribution in [0.15, 0.2) is 48.7 Å². The summed E-state index contributed by atoms with van der Waals surface area (Å²) in [5.41, 5.74) is 1.05. The van der Waals surface area contributed by atoms with E-state index < -0.39 is 0 Å².